The summed E-state index contributed by atoms with van der Waals surface area (Å²) in [6, 6.07) is 11.8. The molecule has 0 aliphatic rings. The number of ether oxygens (including phenoxy) is 1. The van der Waals surface area contributed by atoms with Crippen molar-refractivity contribution < 1.29 is 9.53 Å². The molecule has 7 heteroatoms. The lowest BCUT2D eigenvalue weighted by atomic mass is 9.96. The second-order valence-electron chi connectivity index (χ2n) is 9.87. The van der Waals surface area contributed by atoms with E-state index >= 15 is 0 Å². The Balaban J connectivity index is 1.85. The number of carbonyl (C=O) groups excluding carboxylic acids is 1. The van der Waals surface area contributed by atoms with Crippen molar-refractivity contribution in [1.29, 1.82) is 5.26 Å². The smallest absolute Gasteiger partial charge is 0.412 e. The van der Waals surface area contributed by atoms with E-state index in [1.807, 2.05) is 51.1 Å². The van der Waals surface area contributed by atoms with Crippen LogP contribution in [-0.4, -0.2) is 26.2 Å². The minimum absolute atomic E-state index is 0.0413. The fraction of sp³-hybridized carbons (Fsp3) is 0.417. The first-order valence-corrected chi connectivity index (χ1v) is 10.3. The van der Waals surface area contributed by atoms with Crippen LogP contribution in [0.25, 0.3) is 11.0 Å². The van der Waals surface area contributed by atoms with E-state index in [0.717, 1.165) is 28.8 Å². The zero-order valence-electron chi connectivity index (χ0n) is 19.0. The summed E-state index contributed by atoms with van der Waals surface area (Å²) < 4.78 is 7.46. The van der Waals surface area contributed by atoms with Gasteiger partial charge in [-0.15, -0.1) is 0 Å². The van der Waals surface area contributed by atoms with Crippen molar-refractivity contribution in [3.05, 3.63) is 53.6 Å². The monoisotopic (exact) mass is 419 g/mol. The van der Waals surface area contributed by atoms with Gasteiger partial charge in [-0.2, -0.15) is 5.26 Å². The Hall–Kier alpha value is -3.40. The molecule has 162 valence electrons. The topological polar surface area (TPSA) is 92.8 Å². The largest absolute Gasteiger partial charge is 0.444 e. The number of rotatable bonds is 4. The molecule has 0 aliphatic carbocycles. The summed E-state index contributed by atoms with van der Waals surface area (Å²) >= 11 is 0. The highest BCUT2D eigenvalue weighted by Gasteiger charge is 2.19. The second-order valence-corrected chi connectivity index (χ2v) is 9.87. The summed E-state index contributed by atoms with van der Waals surface area (Å²) in [5.74, 6) is 0.171. The van der Waals surface area contributed by atoms with E-state index in [-0.39, 0.29) is 11.2 Å². The van der Waals surface area contributed by atoms with Gasteiger partial charge in [0.2, 0.25) is 5.82 Å². The lowest BCUT2D eigenvalue weighted by Crippen LogP contribution is -2.27. The molecule has 1 N–H and O–H groups in total. The fourth-order valence-corrected chi connectivity index (χ4v) is 3.28. The Morgan fingerprint density at radius 3 is 2.42 bits per heavy atom. The number of nitrogens with one attached hydrogen (secondary N) is 1. The number of carbonyl (C=O) groups is 1. The maximum atomic E-state index is 12.0. The average molecular weight is 420 g/mol. The third-order valence-corrected chi connectivity index (χ3v) is 4.44. The third kappa shape index (κ3) is 6.05. The van der Waals surface area contributed by atoms with Gasteiger partial charge in [0.25, 0.3) is 0 Å². The molecule has 0 bridgehead atoms. The summed E-state index contributed by atoms with van der Waals surface area (Å²) in [4.78, 5) is 20.5. The Labute approximate surface area is 183 Å². The van der Waals surface area contributed by atoms with Gasteiger partial charge in [-0.05, 0) is 49.9 Å². The first-order chi connectivity index (χ1) is 14.4. The molecule has 1 aromatic carbocycles. The number of hydrogen-bond acceptors (Lipinski definition) is 5. The van der Waals surface area contributed by atoms with Crippen LogP contribution in [0, 0.1) is 16.7 Å². The van der Waals surface area contributed by atoms with Crippen LogP contribution in [0.5, 0.6) is 0 Å². The SMILES string of the molecule is CC(C)(C)Cn1c(Cc2ccc(NC(=O)OC(C)(C)C)cc2)cc2cnc(C#N)nc21. The molecule has 31 heavy (non-hydrogen) atoms. The molecule has 0 fully saturated rings. The van der Waals surface area contributed by atoms with E-state index in [1.165, 1.54) is 0 Å². The number of amides is 1. The van der Waals surface area contributed by atoms with Crippen molar-refractivity contribution in [2.24, 2.45) is 5.41 Å². The van der Waals surface area contributed by atoms with E-state index in [4.69, 9.17) is 4.74 Å². The number of nitriles is 1. The summed E-state index contributed by atoms with van der Waals surface area (Å²) in [7, 11) is 0. The number of nitrogens with zero attached hydrogens (tertiary/aromatic N) is 4. The highest BCUT2D eigenvalue weighted by molar-refractivity contribution is 5.84. The predicted octanol–water partition coefficient (Wildman–Crippen LogP) is 5.29. The summed E-state index contributed by atoms with van der Waals surface area (Å²) in [5.41, 5.74) is 3.15. The fourth-order valence-electron chi connectivity index (χ4n) is 3.28. The van der Waals surface area contributed by atoms with E-state index in [9.17, 15) is 10.1 Å². The van der Waals surface area contributed by atoms with Crippen molar-refractivity contribution in [1.82, 2.24) is 14.5 Å². The standard InChI is InChI=1S/C24H29N5O2/c1-23(2,3)15-29-19(12-17-14-26-20(13-25)28-21(17)29)11-16-7-9-18(10-8-16)27-22(30)31-24(4,5)6/h7-10,12,14H,11,15H2,1-6H3,(H,27,30). The molecule has 2 heterocycles. The van der Waals surface area contributed by atoms with Gasteiger partial charge in [-0.1, -0.05) is 32.9 Å². The first-order valence-electron chi connectivity index (χ1n) is 10.3. The lowest BCUT2D eigenvalue weighted by molar-refractivity contribution is 0.0636. The van der Waals surface area contributed by atoms with Crippen LogP contribution in [0.2, 0.25) is 0 Å². The second kappa shape index (κ2) is 8.38. The van der Waals surface area contributed by atoms with Crippen LogP contribution < -0.4 is 5.32 Å². The Morgan fingerprint density at radius 1 is 1.16 bits per heavy atom. The molecule has 0 saturated heterocycles. The molecule has 3 aromatic rings. The molecule has 0 radical (unpaired) electrons. The van der Waals surface area contributed by atoms with Crippen molar-refractivity contribution in [3.63, 3.8) is 0 Å². The van der Waals surface area contributed by atoms with Crippen LogP contribution in [0.4, 0.5) is 10.5 Å². The van der Waals surface area contributed by atoms with Gasteiger partial charge < -0.3 is 9.30 Å². The van der Waals surface area contributed by atoms with E-state index < -0.39 is 11.7 Å². The summed E-state index contributed by atoms with van der Waals surface area (Å²) in [6.45, 7) is 12.8. The van der Waals surface area contributed by atoms with Crippen LogP contribution in [-0.2, 0) is 17.7 Å². The highest BCUT2D eigenvalue weighted by atomic mass is 16.6. The van der Waals surface area contributed by atoms with Crippen molar-refractivity contribution >= 4 is 22.8 Å². The molecule has 2 aromatic heterocycles. The molecule has 0 spiro atoms. The number of aromatic nitrogens is 3. The molecule has 0 atom stereocenters. The summed E-state index contributed by atoms with van der Waals surface area (Å²) in [5, 5.41) is 12.9. The van der Waals surface area contributed by atoms with Crippen molar-refractivity contribution in [3.8, 4) is 6.07 Å². The van der Waals surface area contributed by atoms with Crippen LogP contribution >= 0.6 is 0 Å². The van der Waals surface area contributed by atoms with E-state index in [2.05, 4.69) is 46.7 Å². The van der Waals surface area contributed by atoms with Gasteiger partial charge in [0.05, 0.1) is 0 Å². The number of benzene rings is 1. The van der Waals surface area contributed by atoms with Gasteiger partial charge in [-0.25, -0.2) is 14.8 Å². The van der Waals surface area contributed by atoms with Crippen LogP contribution in [0.3, 0.4) is 0 Å². The van der Waals surface area contributed by atoms with Crippen molar-refractivity contribution in [2.75, 3.05) is 5.32 Å². The molecule has 3 rings (SSSR count). The first kappa shape index (κ1) is 22.3. The van der Waals surface area contributed by atoms with Crippen LogP contribution in [0.1, 0.15) is 58.6 Å². The zero-order chi connectivity index (χ0) is 22.8. The summed E-state index contributed by atoms with van der Waals surface area (Å²) in [6.07, 6.45) is 1.93. The van der Waals surface area contributed by atoms with E-state index in [0.29, 0.717) is 12.1 Å². The highest BCUT2D eigenvalue weighted by Crippen LogP contribution is 2.26. The average Bonchev–Trinajstić information content (AvgIpc) is 2.96. The molecule has 7 nitrogen and oxygen atoms in total. The minimum Gasteiger partial charge on any atom is -0.444 e. The van der Waals surface area contributed by atoms with Gasteiger partial charge in [0.15, 0.2) is 0 Å². The maximum absolute atomic E-state index is 12.0. The molecule has 0 unspecified atom stereocenters. The van der Waals surface area contributed by atoms with Gasteiger partial charge >= 0.3 is 6.09 Å². The van der Waals surface area contributed by atoms with Crippen LogP contribution in [0.15, 0.2) is 36.5 Å². The Bertz CT molecular complexity index is 1130. The van der Waals surface area contributed by atoms with Gasteiger partial charge in [-0.3, -0.25) is 5.32 Å². The van der Waals surface area contributed by atoms with E-state index in [1.54, 1.807) is 6.20 Å². The zero-order valence-corrected chi connectivity index (χ0v) is 19.0. The Morgan fingerprint density at radius 2 is 1.84 bits per heavy atom. The maximum Gasteiger partial charge on any atom is 0.412 e. The molecule has 0 saturated carbocycles. The Kier molecular flexibility index (Phi) is 6.03. The predicted molar refractivity (Wildman–Crippen MR) is 121 cm³/mol. The number of hydrogen-bond donors (Lipinski definition) is 1. The molecular formula is C24H29N5O2. The molecule has 1 amide bonds. The molecule has 0 aliphatic heterocycles. The number of anilines is 1. The lowest BCUT2D eigenvalue weighted by Gasteiger charge is -2.22. The third-order valence-electron chi connectivity index (χ3n) is 4.44. The quantitative estimate of drug-likeness (QED) is 0.620. The minimum atomic E-state index is -0.543. The van der Waals surface area contributed by atoms with Crippen molar-refractivity contribution in [2.45, 2.75) is 60.1 Å². The van der Waals surface area contributed by atoms with Gasteiger partial charge in [0.1, 0.15) is 17.3 Å². The normalized spacial score (nSPS) is 11.9. The molecular weight excluding hydrogens is 390 g/mol. The number of fused-ring (bicyclic) bond motifs is 1. The van der Waals surface area contributed by atoms with Gasteiger partial charge in [0, 0.05) is 35.9 Å².